The zero-order valence-corrected chi connectivity index (χ0v) is 20.5. The second-order valence-corrected chi connectivity index (χ2v) is 8.39. The number of aromatic nitrogens is 4. The van der Waals surface area contributed by atoms with Crippen molar-refractivity contribution in [2.75, 3.05) is 5.73 Å². The molecule has 2 atom stereocenters. The molecule has 0 amide bonds. The molecule has 1 unspecified atom stereocenters. The minimum Gasteiger partial charge on any atom is -0.480 e. The van der Waals surface area contributed by atoms with Crippen molar-refractivity contribution in [1.82, 2.24) is 19.7 Å². The molecule has 0 bridgehead atoms. The van der Waals surface area contributed by atoms with Crippen LogP contribution in [-0.2, 0) is 18.3 Å². The number of alkyl halides is 3. The van der Waals surface area contributed by atoms with Crippen LogP contribution >= 0.6 is 0 Å². The summed E-state index contributed by atoms with van der Waals surface area (Å²) in [5.41, 5.74) is 14.2. The third-order valence-electron chi connectivity index (χ3n) is 5.34. The number of rotatable bonds is 11. The zero-order chi connectivity index (χ0) is 27.9. The van der Waals surface area contributed by atoms with Gasteiger partial charge in [0, 0.05) is 36.9 Å². The number of carboxylic acid groups (broad SMARTS) is 1. The fourth-order valence-electron chi connectivity index (χ4n) is 3.33. The number of nitrogens with two attached hydrogens (primary N) is 2. The van der Waals surface area contributed by atoms with E-state index in [0.29, 0.717) is 16.7 Å². The Morgan fingerprint density at radius 2 is 1.95 bits per heavy atom. The van der Waals surface area contributed by atoms with Gasteiger partial charge in [-0.05, 0) is 17.6 Å². The summed E-state index contributed by atoms with van der Waals surface area (Å²) in [5.74, 6) is -1.72. The highest BCUT2D eigenvalue weighted by Crippen LogP contribution is 2.29. The molecule has 38 heavy (non-hydrogen) atoms. The summed E-state index contributed by atoms with van der Waals surface area (Å²) in [7, 11) is 1.77. The van der Waals surface area contributed by atoms with E-state index in [2.05, 4.69) is 21.6 Å². The number of ether oxygens (including phenoxy) is 1. The van der Waals surface area contributed by atoms with E-state index in [1.54, 1.807) is 60.5 Å². The second kappa shape index (κ2) is 12.2. The van der Waals surface area contributed by atoms with E-state index in [1.807, 2.05) is 0 Å². The van der Waals surface area contributed by atoms with Crippen LogP contribution in [0.5, 0.6) is 5.88 Å². The van der Waals surface area contributed by atoms with Crippen molar-refractivity contribution < 1.29 is 27.8 Å². The lowest BCUT2D eigenvalue weighted by molar-refractivity contribution is -0.194. The van der Waals surface area contributed by atoms with Gasteiger partial charge in [-0.1, -0.05) is 55.1 Å². The van der Waals surface area contributed by atoms with Crippen LogP contribution in [-0.4, -0.2) is 49.1 Å². The number of hydrogen-bond donors (Lipinski definition) is 3. The summed E-state index contributed by atoms with van der Waals surface area (Å²) in [4.78, 5) is 18.8. The number of benzene rings is 1. The maximum Gasteiger partial charge on any atom is 0.425 e. The van der Waals surface area contributed by atoms with Crippen LogP contribution in [0.3, 0.4) is 0 Å². The van der Waals surface area contributed by atoms with Gasteiger partial charge in [-0.2, -0.15) is 23.3 Å². The number of nitrogen functional groups attached to an aromatic ring is 1. The summed E-state index contributed by atoms with van der Waals surface area (Å²) < 4.78 is 47.8. The van der Waals surface area contributed by atoms with Crippen LogP contribution < -0.4 is 16.2 Å². The van der Waals surface area contributed by atoms with Gasteiger partial charge in [-0.15, -0.1) is 0 Å². The molecule has 1 aromatic carbocycles. The summed E-state index contributed by atoms with van der Waals surface area (Å²) in [6.07, 6.45) is 2.26. The van der Waals surface area contributed by atoms with E-state index >= 15 is 0 Å². The first-order valence-electron chi connectivity index (χ1n) is 11.4. The third-order valence-corrected chi connectivity index (χ3v) is 5.34. The van der Waals surface area contributed by atoms with Crippen LogP contribution in [0.1, 0.15) is 17.5 Å². The van der Waals surface area contributed by atoms with E-state index in [-0.39, 0.29) is 23.9 Å². The molecule has 12 heteroatoms. The molecule has 0 saturated heterocycles. The maximum atomic E-state index is 13.7. The summed E-state index contributed by atoms with van der Waals surface area (Å²) in [6, 6.07) is 6.76. The fraction of sp³-hybridized carbons (Fsp3) is 0.231. The minimum absolute atomic E-state index is 0.115. The number of nitrogens with zero attached hydrogens (tertiary/aromatic N) is 4. The van der Waals surface area contributed by atoms with Crippen molar-refractivity contribution in [2.24, 2.45) is 12.8 Å². The van der Waals surface area contributed by atoms with Crippen LogP contribution in [0.25, 0.3) is 16.8 Å². The van der Waals surface area contributed by atoms with Crippen LogP contribution in [0.2, 0.25) is 0 Å². The van der Waals surface area contributed by atoms with Gasteiger partial charge >= 0.3 is 12.1 Å². The standard InChI is InChI=1S/C26H27F3N6O3/c1-16(19-14-32-35(2)15-19)6-4-3-5-7-22(26(27,28)29)38-23-13-21(33-25(31)34-23)18-10-8-17(9-11-18)12-20(30)24(36)37/h3-6,8-11,13-15,20,22H,1,7,12,30H2,2H3,(H,36,37)(H2,31,33,34)/b5-3-,6-4-/t20-,22?/m0/s1. The fourth-order valence-corrected chi connectivity index (χ4v) is 3.33. The molecule has 200 valence electrons. The number of carbonyl (C=O) groups is 1. The van der Waals surface area contributed by atoms with Crippen molar-refractivity contribution in [2.45, 2.75) is 31.2 Å². The molecule has 0 aliphatic rings. The quantitative estimate of drug-likeness (QED) is 0.318. The number of allylic oxidation sites excluding steroid dienone is 4. The molecule has 0 radical (unpaired) electrons. The normalized spacial score (nSPS) is 13.6. The molecule has 0 fully saturated rings. The lowest BCUT2D eigenvalue weighted by Crippen LogP contribution is -2.34. The average Bonchev–Trinajstić information content (AvgIpc) is 3.28. The highest BCUT2D eigenvalue weighted by atomic mass is 19.4. The Balaban J connectivity index is 1.69. The highest BCUT2D eigenvalue weighted by molar-refractivity contribution is 5.73. The Morgan fingerprint density at radius 3 is 2.55 bits per heavy atom. The molecule has 3 rings (SSSR count). The molecular weight excluding hydrogens is 501 g/mol. The van der Waals surface area contributed by atoms with Gasteiger partial charge in [-0.25, -0.2) is 4.98 Å². The van der Waals surface area contributed by atoms with Gasteiger partial charge < -0.3 is 21.3 Å². The van der Waals surface area contributed by atoms with E-state index < -0.39 is 30.7 Å². The predicted molar refractivity (Wildman–Crippen MR) is 137 cm³/mol. The van der Waals surface area contributed by atoms with Crippen LogP contribution in [0.15, 0.2) is 73.6 Å². The zero-order valence-electron chi connectivity index (χ0n) is 20.5. The molecular formula is C26H27F3N6O3. The van der Waals surface area contributed by atoms with Crippen molar-refractivity contribution in [3.63, 3.8) is 0 Å². The third kappa shape index (κ3) is 8.03. The SMILES string of the molecule is C=C(/C=C\C=C/CC(Oc1cc(-c2ccc(C[C@H](N)C(=O)O)cc2)nc(N)n1)C(F)(F)F)c1cnn(C)c1. The predicted octanol–water partition coefficient (Wildman–Crippen LogP) is 3.94. The van der Waals surface area contributed by atoms with E-state index in [1.165, 1.54) is 18.2 Å². The Hall–Kier alpha value is -4.45. The monoisotopic (exact) mass is 528 g/mol. The number of halogens is 3. The first-order valence-corrected chi connectivity index (χ1v) is 11.4. The minimum atomic E-state index is -4.67. The van der Waals surface area contributed by atoms with Gasteiger partial charge in [0.05, 0.1) is 11.9 Å². The van der Waals surface area contributed by atoms with Crippen molar-refractivity contribution in [1.29, 1.82) is 0 Å². The summed E-state index contributed by atoms with van der Waals surface area (Å²) in [6.45, 7) is 3.90. The molecule has 0 aliphatic carbocycles. The number of anilines is 1. The van der Waals surface area contributed by atoms with Crippen molar-refractivity contribution >= 4 is 17.5 Å². The summed E-state index contributed by atoms with van der Waals surface area (Å²) in [5, 5.41) is 13.0. The van der Waals surface area contributed by atoms with E-state index in [9.17, 15) is 18.0 Å². The Labute approximate surface area is 217 Å². The number of hydrogen-bond acceptors (Lipinski definition) is 7. The topological polar surface area (TPSA) is 142 Å². The molecule has 2 aromatic heterocycles. The second-order valence-electron chi connectivity index (χ2n) is 8.39. The van der Waals surface area contributed by atoms with Crippen molar-refractivity contribution in [3.8, 4) is 17.1 Å². The smallest absolute Gasteiger partial charge is 0.425 e. The average molecular weight is 529 g/mol. The molecule has 9 nitrogen and oxygen atoms in total. The number of aliphatic carboxylic acids is 1. The van der Waals surface area contributed by atoms with E-state index in [4.69, 9.17) is 21.3 Å². The van der Waals surface area contributed by atoms with E-state index in [0.717, 1.165) is 5.56 Å². The summed E-state index contributed by atoms with van der Waals surface area (Å²) >= 11 is 0. The lowest BCUT2D eigenvalue weighted by Gasteiger charge is -2.20. The van der Waals surface area contributed by atoms with Crippen molar-refractivity contribution in [3.05, 3.63) is 84.7 Å². The molecule has 5 N–H and O–H groups in total. The Bertz CT molecular complexity index is 1330. The molecule has 0 saturated carbocycles. The molecule has 0 spiro atoms. The maximum absolute atomic E-state index is 13.7. The molecule has 0 aliphatic heterocycles. The lowest BCUT2D eigenvalue weighted by atomic mass is 10.0. The highest BCUT2D eigenvalue weighted by Gasteiger charge is 2.41. The first-order chi connectivity index (χ1) is 17.9. The van der Waals surface area contributed by atoms with Crippen LogP contribution in [0.4, 0.5) is 19.1 Å². The van der Waals surface area contributed by atoms with Crippen LogP contribution in [0, 0.1) is 0 Å². The largest absolute Gasteiger partial charge is 0.480 e. The molecule has 3 aromatic rings. The van der Waals surface area contributed by atoms with Gasteiger partial charge in [0.2, 0.25) is 11.8 Å². The first kappa shape index (κ1) is 28.1. The number of carboxylic acids is 1. The number of aryl methyl sites for hydroxylation is 1. The van der Waals surface area contributed by atoms with Gasteiger partial charge in [-0.3, -0.25) is 9.48 Å². The Kier molecular flexibility index (Phi) is 9.02. The van der Waals surface area contributed by atoms with Gasteiger partial charge in [0.15, 0.2) is 6.10 Å². The molecule has 2 heterocycles. The Morgan fingerprint density at radius 1 is 1.24 bits per heavy atom. The van der Waals surface area contributed by atoms with Gasteiger partial charge in [0.25, 0.3) is 0 Å². The van der Waals surface area contributed by atoms with Gasteiger partial charge in [0.1, 0.15) is 6.04 Å².